The molecule has 0 spiro atoms. The van der Waals surface area contributed by atoms with E-state index in [4.69, 9.17) is 0 Å². The van der Waals surface area contributed by atoms with E-state index in [1.807, 2.05) is 16.7 Å². The molecule has 3 nitrogen and oxygen atoms in total. The number of hydrogen-bond acceptors (Lipinski definition) is 3. The van der Waals surface area contributed by atoms with E-state index in [1.165, 1.54) is 6.42 Å². The minimum absolute atomic E-state index is 0.0842. The number of carbonyl (C=O) groups is 1. The molecule has 15 heavy (non-hydrogen) atoms. The molecule has 0 aromatic rings. The van der Waals surface area contributed by atoms with Gasteiger partial charge in [-0.1, -0.05) is 13.8 Å². The maximum absolute atomic E-state index is 12.1. The van der Waals surface area contributed by atoms with E-state index in [0.717, 1.165) is 24.7 Å². The van der Waals surface area contributed by atoms with Gasteiger partial charge in [0.15, 0.2) is 0 Å². The SMILES string of the molecule is CC(C)C1CCN(C(=O)C2CSCN2)C1. The lowest BCUT2D eigenvalue weighted by Gasteiger charge is -2.21. The molecule has 0 radical (unpaired) electrons. The van der Waals surface area contributed by atoms with Gasteiger partial charge >= 0.3 is 0 Å². The monoisotopic (exact) mass is 228 g/mol. The number of hydrogen-bond donors (Lipinski definition) is 1. The van der Waals surface area contributed by atoms with E-state index in [9.17, 15) is 4.79 Å². The number of rotatable bonds is 2. The van der Waals surface area contributed by atoms with Gasteiger partial charge in [-0.2, -0.15) is 0 Å². The molecule has 1 amide bonds. The molecular formula is C11H20N2OS. The van der Waals surface area contributed by atoms with Crippen LogP contribution >= 0.6 is 11.8 Å². The van der Waals surface area contributed by atoms with Crippen LogP contribution in [0.3, 0.4) is 0 Å². The number of nitrogens with one attached hydrogen (secondary N) is 1. The third kappa shape index (κ3) is 2.48. The lowest BCUT2D eigenvalue weighted by molar-refractivity contribution is -0.131. The lowest BCUT2D eigenvalue weighted by Crippen LogP contribution is -2.44. The van der Waals surface area contributed by atoms with E-state index < -0.39 is 0 Å². The van der Waals surface area contributed by atoms with Crippen LogP contribution < -0.4 is 5.32 Å². The molecule has 2 saturated heterocycles. The maximum atomic E-state index is 12.1. The quantitative estimate of drug-likeness (QED) is 0.769. The molecule has 2 atom stereocenters. The second-order valence-corrected chi connectivity index (χ2v) is 5.88. The smallest absolute Gasteiger partial charge is 0.240 e. The molecule has 0 aromatic heterocycles. The Morgan fingerprint density at radius 1 is 1.53 bits per heavy atom. The van der Waals surface area contributed by atoms with Gasteiger partial charge in [-0.15, -0.1) is 11.8 Å². The first-order valence-electron chi connectivity index (χ1n) is 5.78. The molecule has 2 fully saturated rings. The van der Waals surface area contributed by atoms with Crippen LogP contribution in [0.2, 0.25) is 0 Å². The Kier molecular flexibility index (Phi) is 3.57. The van der Waals surface area contributed by atoms with Crippen molar-refractivity contribution in [1.82, 2.24) is 10.2 Å². The minimum Gasteiger partial charge on any atom is -0.341 e. The van der Waals surface area contributed by atoms with Gasteiger partial charge in [0, 0.05) is 24.7 Å². The molecule has 0 saturated carbocycles. The summed E-state index contributed by atoms with van der Waals surface area (Å²) in [6.45, 7) is 6.44. The molecule has 0 bridgehead atoms. The number of likely N-dealkylation sites (tertiary alicyclic amines) is 1. The fourth-order valence-corrected chi connectivity index (χ4v) is 3.24. The summed E-state index contributed by atoms with van der Waals surface area (Å²) in [5.41, 5.74) is 0. The van der Waals surface area contributed by atoms with Gasteiger partial charge in [0.2, 0.25) is 5.91 Å². The largest absolute Gasteiger partial charge is 0.341 e. The summed E-state index contributed by atoms with van der Waals surface area (Å²) in [6.07, 6.45) is 1.18. The minimum atomic E-state index is 0.0842. The van der Waals surface area contributed by atoms with Crippen molar-refractivity contribution in [3.05, 3.63) is 0 Å². The summed E-state index contributed by atoms with van der Waals surface area (Å²) >= 11 is 1.82. The average molecular weight is 228 g/mol. The average Bonchev–Trinajstić information content (AvgIpc) is 2.88. The van der Waals surface area contributed by atoms with E-state index in [-0.39, 0.29) is 6.04 Å². The summed E-state index contributed by atoms with van der Waals surface area (Å²) in [7, 11) is 0. The predicted octanol–water partition coefficient (Wildman–Crippen LogP) is 1.15. The highest BCUT2D eigenvalue weighted by atomic mass is 32.2. The Balaban J connectivity index is 1.87. The van der Waals surface area contributed by atoms with Gasteiger partial charge in [0.25, 0.3) is 0 Å². The molecule has 86 valence electrons. The highest BCUT2D eigenvalue weighted by molar-refractivity contribution is 7.99. The van der Waals surface area contributed by atoms with Gasteiger partial charge in [0.1, 0.15) is 0 Å². The number of nitrogens with zero attached hydrogens (tertiary/aromatic N) is 1. The first-order chi connectivity index (χ1) is 7.18. The van der Waals surface area contributed by atoms with Crippen LogP contribution in [-0.2, 0) is 4.79 Å². The van der Waals surface area contributed by atoms with Crippen molar-refractivity contribution in [2.75, 3.05) is 24.7 Å². The van der Waals surface area contributed by atoms with Crippen molar-refractivity contribution < 1.29 is 4.79 Å². The summed E-state index contributed by atoms with van der Waals surface area (Å²) < 4.78 is 0. The maximum Gasteiger partial charge on any atom is 0.240 e. The van der Waals surface area contributed by atoms with Crippen molar-refractivity contribution in [3.63, 3.8) is 0 Å². The number of carbonyl (C=O) groups excluding carboxylic acids is 1. The zero-order valence-corrected chi connectivity index (χ0v) is 10.3. The normalized spacial score (nSPS) is 31.5. The predicted molar refractivity (Wildman–Crippen MR) is 63.8 cm³/mol. The molecule has 2 heterocycles. The summed E-state index contributed by atoms with van der Waals surface area (Å²) in [6, 6.07) is 0.0842. The van der Waals surface area contributed by atoms with Gasteiger partial charge < -0.3 is 4.90 Å². The Labute approximate surface area is 96.0 Å². The Hall–Kier alpha value is -0.220. The second-order valence-electron chi connectivity index (χ2n) is 4.85. The van der Waals surface area contributed by atoms with Crippen LogP contribution in [0.1, 0.15) is 20.3 Å². The molecular weight excluding hydrogens is 208 g/mol. The van der Waals surface area contributed by atoms with E-state index in [2.05, 4.69) is 19.2 Å². The molecule has 2 aliphatic heterocycles. The van der Waals surface area contributed by atoms with Crippen molar-refractivity contribution in [3.8, 4) is 0 Å². The summed E-state index contributed by atoms with van der Waals surface area (Å²) in [5, 5.41) is 3.25. The molecule has 0 aliphatic carbocycles. The molecule has 4 heteroatoms. The van der Waals surface area contributed by atoms with Crippen LogP contribution in [0, 0.1) is 11.8 Å². The van der Waals surface area contributed by atoms with E-state index in [1.54, 1.807) is 0 Å². The number of amides is 1. The lowest BCUT2D eigenvalue weighted by atomic mass is 9.95. The third-order valence-electron chi connectivity index (χ3n) is 3.49. The van der Waals surface area contributed by atoms with Crippen LogP contribution in [0.4, 0.5) is 0 Å². The van der Waals surface area contributed by atoms with Gasteiger partial charge in [-0.05, 0) is 18.3 Å². The van der Waals surface area contributed by atoms with Gasteiger partial charge in [-0.25, -0.2) is 0 Å². The Morgan fingerprint density at radius 3 is 2.87 bits per heavy atom. The standard InChI is InChI=1S/C11H20N2OS/c1-8(2)9-3-4-13(5-9)11(14)10-6-15-7-12-10/h8-10,12H,3-7H2,1-2H3. The van der Waals surface area contributed by atoms with Crippen LogP contribution in [0.15, 0.2) is 0 Å². The first kappa shape index (κ1) is 11.3. The Morgan fingerprint density at radius 2 is 2.33 bits per heavy atom. The van der Waals surface area contributed by atoms with Crippen molar-refractivity contribution in [2.45, 2.75) is 26.3 Å². The number of thioether (sulfide) groups is 1. The van der Waals surface area contributed by atoms with Crippen molar-refractivity contribution in [2.24, 2.45) is 11.8 Å². The zero-order valence-electron chi connectivity index (χ0n) is 9.53. The first-order valence-corrected chi connectivity index (χ1v) is 6.94. The van der Waals surface area contributed by atoms with E-state index >= 15 is 0 Å². The van der Waals surface area contributed by atoms with Crippen molar-refractivity contribution in [1.29, 1.82) is 0 Å². The fraction of sp³-hybridized carbons (Fsp3) is 0.909. The van der Waals surface area contributed by atoms with Gasteiger partial charge in [0.05, 0.1) is 6.04 Å². The summed E-state index contributed by atoms with van der Waals surface area (Å²) in [4.78, 5) is 14.1. The van der Waals surface area contributed by atoms with Crippen LogP contribution in [-0.4, -0.2) is 41.6 Å². The molecule has 2 aliphatic rings. The topological polar surface area (TPSA) is 32.3 Å². The van der Waals surface area contributed by atoms with Gasteiger partial charge in [-0.3, -0.25) is 10.1 Å². The summed E-state index contributed by atoms with van der Waals surface area (Å²) in [5.74, 6) is 3.61. The highest BCUT2D eigenvalue weighted by Gasteiger charge is 2.33. The molecule has 0 aromatic carbocycles. The van der Waals surface area contributed by atoms with Crippen LogP contribution in [0.5, 0.6) is 0 Å². The molecule has 2 unspecified atom stereocenters. The molecule has 1 N–H and O–H groups in total. The fourth-order valence-electron chi connectivity index (χ4n) is 2.31. The second kappa shape index (κ2) is 4.74. The molecule has 2 rings (SSSR count). The highest BCUT2D eigenvalue weighted by Crippen LogP contribution is 2.25. The Bertz CT molecular complexity index is 239. The van der Waals surface area contributed by atoms with E-state index in [0.29, 0.717) is 17.7 Å². The van der Waals surface area contributed by atoms with Crippen LogP contribution in [0.25, 0.3) is 0 Å². The van der Waals surface area contributed by atoms with Crippen molar-refractivity contribution >= 4 is 17.7 Å². The zero-order chi connectivity index (χ0) is 10.8. The third-order valence-corrected chi connectivity index (χ3v) is 4.43.